The first-order chi connectivity index (χ1) is 12.4. The van der Waals surface area contributed by atoms with Crippen LogP contribution in [0.1, 0.15) is 28.9 Å². The number of carbonyl (C=O) groups is 2. The first-order valence-corrected chi connectivity index (χ1v) is 8.79. The lowest BCUT2D eigenvalue weighted by Gasteiger charge is -2.15. The van der Waals surface area contributed by atoms with Crippen LogP contribution in [0, 0.1) is 0 Å². The van der Waals surface area contributed by atoms with Gasteiger partial charge in [-0.1, -0.05) is 6.07 Å². The van der Waals surface area contributed by atoms with Crippen molar-refractivity contribution in [2.24, 2.45) is 0 Å². The van der Waals surface area contributed by atoms with Gasteiger partial charge in [0.25, 0.3) is 0 Å². The van der Waals surface area contributed by atoms with E-state index in [1.165, 1.54) is 7.11 Å². The Morgan fingerprint density at radius 2 is 1.81 bits per heavy atom. The number of hydrogen-bond donors (Lipinski definition) is 2. The van der Waals surface area contributed by atoms with Gasteiger partial charge in [-0.25, -0.2) is 4.79 Å². The van der Waals surface area contributed by atoms with Gasteiger partial charge in [0.1, 0.15) is 5.75 Å². The highest BCUT2D eigenvalue weighted by atomic mass is 79.9. The summed E-state index contributed by atoms with van der Waals surface area (Å²) in [5, 5.41) is 5.95. The van der Waals surface area contributed by atoms with Crippen LogP contribution in [0.2, 0.25) is 0 Å². The number of halogens is 1. The number of methoxy groups -OCH3 is 2. The Bertz CT molecular complexity index is 778. The van der Waals surface area contributed by atoms with Gasteiger partial charge in [-0.3, -0.25) is 4.79 Å². The minimum Gasteiger partial charge on any atom is -0.496 e. The number of anilines is 1. The minimum absolute atomic E-state index is 0.00958. The van der Waals surface area contributed by atoms with Crippen LogP contribution in [0.15, 0.2) is 46.9 Å². The van der Waals surface area contributed by atoms with Crippen LogP contribution in [-0.4, -0.2) is 32.6 Å². The largest absolute Gasteiger partial charge is 0.496 e. The Balaban J connectivity index is 1.88. The summed E-state index contributed by atoms with van der Waals surface area (Å²) >= 11 is 3.46. The molecule has 0 fully saturated rings. The zero-order valence-electron chi connectivity index (χ0n) is 14.8. The Labute approximate surface area is 161 Å². The molecule has 2 aromatic carbocycles. The summed E-state index contributed by atoms with van der Waals surface area (Å²) < 4.78 is 10.7. The molecule has 1 atom stereocenters. The third-order valence-electron chi connectivity index (χ3n) is 3.83. The predicted molar refractivity (Wildman–Crippen MR) is 104 cm³/mol. The van der Waals surface area contributed by atoms with Crippen LogP contribution < -0.4 is 15.4 Å². The molecule has 0 aliphatic carbocycles. The number of nitrogens with one attached hydrogen (secondary N) is 2. The van der Waals surface area contributed by atoms with Gasteiger partial charge in [-0.2, -0.15) is 0 Å². The van der Waals surface area contributed by atoms with E-state index in [0.717, 1.165) is 15.8 Å². The second kappa shape index (κ2) is 9.35. The summed E-state index contributed by atoms with van der Waals surface area (Å²) in [4.78, 5) is 23.5. The van der Waals surface area contributed by atoms with E-state index in [0.29, 0.717) is 11.3 Å². The van der Waals surface area contributed by atoms with E-state index in [9.17, 15) is 9.59 Å². The highest BCUT2D eigenvalue weighted by Crippen LogP contribution is 2.27. The first-order valence-electron chi connectivity index (χ1n) is 7.99. The number of amides is 1. The van der Waals surface area contributed by atoms with E-state index < -0.39 is 5.97 Å². The van der Waals surface area contributed by atoms with Crippen molar-refractivity contribution in [3.8, 4) is 5.75 Å². The van der Waals surface area contributed by atoms with Crippen molar-refractivity contribution in [2.75, 3.05) is 26.1 Å². The SMILES string of the molecule is COC(=O)c1ccc(NC(=O)CNC(C)c2ccc(OC)c(Br)c2)cc1. The van der Waals surface area contributed by atoms with E-state index >= 15 is 0 Å². The van der Waals surface area contributed by atoms with Gasteiger partial charge in [0.2, 0.25) is 5.91 Å². The average molecular weight is 421 g/mol. The standard InChI is InChI=1S/C19H21BrN2O4/c1-12(14-6-9-17(25-2)16(20)10-14)21-11-18(23)22-15-7-4-13(5-8-15)19(24)26-3/h4-10,12,21H,11H2,1-3H3,(H,22,23). The summed E-state index contributed by atoms with van der Waals surface area (Å²) in [6.45, 7) is 2.14. The van der Waals surface area contributed by atoms with Crippen LogP contribution >= 0.6 is 15.9 Å². The van der Waals surface area contributed by atoms with Crippen molar-refractivity contribution in [3.05, 3.63) is 58.1 Å². The van der Waals surface area contributed by atoms with Crippen molar-refractivity contribution < 1.29 is 19.1 Å². The normalized spacial score (nSPS) is 11.5. The van der Waals surface area contributed by atoms with Gasteiger partial charge in [0.15, 0.2) is 0 Å². The van der Waals surface area contributed by atoms with E-state index in [-0.39, 0.29) is 18.5 Å². The molecule has 2 aromatic rings. The quantitative estimate of drug-likeness (QED) is 0.669. The fraction of sp³-hybridized carbons (Fsp3) is 0.263. The number of esters is 1. The third-order valence-corrected chi connectivity index (χ3v) is 4.45. The molecule has 1 amide bonds. The molecule has 26 heavy (non-hydrogen) atoms. The fourth-order valence-electron chi connectivity index (χ4n) is 2.33. The molecule has 2 N–H and O–H groups in total. The lowest BCUT2D eigenvalue weighted by molar-refractivity contribution is -0.115. The number of benzene rings is 2. The van der Waals surface area contributed by atoms with Gasteiger partial charge in [0, 0.05) is 11.7 Å². The third kappa shape index (κ3) is 5.31. The summed E-state index contributed by atoms with van der Waals surface area (Å²) in [5.74, 6) is 0.174. The molecule has 0 aliphatic rings. The monoisotopic (exact) mass is 420 g/mol. The highest BCUT2D eigenvalue weighted by molar-refractivity contribution is 9.10. The summed E-state index contributed by atoms with van der Waals surface area (Å²) in [7, 11) is 2.94. The predicted octanol–water partition coefficient (Wildman–Crippen LogP) is 3.53. The highest BCUT2D eigenvalue weighted by Gasteiger charge is 2.11. The van der Waals surface area contributed by atoms with Crippen molar-refractivity contribution in [2.45, 2.75) is 13.0 Å². The molecule has 2 rings (SSSR count). The van der Waals surface area contributed by atoms with Crippen LogP contribution in [0.25, 0.3) is 0 Å². The summed E-state index contributed by atoms with van der Waals surface area (Å²) in [5.41, 5.74) is 2.08. The molecule has 138 valence electrons. The van der Waals surface area contributed by atoms with Gasteiger partial charge < -0.3 is 20.1 Å². The molecule has 0 heterocycles. The molecule has 0 radical (unpaired) electrons. The summed E-state index contributed by atoms with van der Waals surface area (Å²) in [6, 6.07) is 12.3. The van der Waals surface area contributed by atoms with Gasteiger partial charge in [0.05, 0.1) is 30.8 Å². The fourth-order valence-corrected chi connectivity index (χ4v) is 2.89. The lowest BCUT2D eigenvalue weighted by atomic mass is 10.1. The second-order valence-electron chi connectivity index (χ2n) is 5.61. The van der Waals surface area contributed by atoms with E-state index in [4.69, 9.17) is 4.74 Å². The molecule has 0 aliphatic heterocycles. The van der Waals surface area contributed by atoms with Crippen molar-refractivity contribution in [3.63, 3.8) is 0 Å². The molecule has 7 heteroatoms. The maximum Gasteiger partial charge on any atom is 0.337 e. The number of carbonyl (C=O) groups excluding carboxylic acids is 2. The van der Waals surface area contributed by atoms with E-state index in [2.05, 4.69) is 31.3 Å². The molecule has 0 bridgehead atoms. The lowest BCUT2D eigenvalue weighted by Crippen LogP contribution is -2.30. The Morgan fingerprint density at radius 1 is 1.12 bits per heavy atom. The average Bonchev–Trinajstić information content (AvgIpc) is 2.66. The minimum atomic E-state index is -0.413. The Kier molecular flexibility index (Phi) is 7.17. The topological polar surface area (TPSA) is 76.7 Å². The first kappa shape index (κ1) is 19.9. The van der Waals surface area contributed by atoms with Gasteiger partial charge in [-0.05, 0) is 64.8 Å². The molecule has 1 unspecified atom stereocenters. The maximum absolute atomic E-state index is 12.1. The van der Waals surface area contributed by atoms with Crippen molar-refractivity contribution in [1.82, 2.24) is 5.32 Å². The van der Waals surface area contributed by atoms with Crippen molar-refractivity contribution in [1.29, 1.82) is 0 Å². The zero-order chi connectivity index (χ0) is 19.1. The molecule has 0 saturated carbocycles. The van der Waals surface area contributed by atoms with Crippen LogP contribution in [-0.2, 0) is 9.53 Å². The van der Waals surface area contributed by atoms with Crippen LogP contribution in [0.5, 0.6) is 5.75 Å². The zero-order valence-corrected chi connectivity index (χ0v) is 16.4. The van der Waals surface area contributed by atoms with E-state index in [1.807, 2.05) is 25.1 Å². The molecule has 0 aromatic heterocycles. The summed E-state index contributed by atoms with van der Waals surface area (Å²) in [6.07, 6.45) is 0. The molecule has 6 nitrogen and oxygen atoms in total. The Hall–Kier alpha value is -2.38. The maximum atomic E-state index is 12.1. The van der Waals surface area contributed by atoms with Crippen LogP contribution in [0.4, 0.5) is 5.69 Å². The number of hydrogen-bond acceptors (Lipinski definition) is 5. The number of rotatable bonds is 7. The van der Waals surface area contributed by atoms with E-state index in [1.54, 1.807) is 31.4 Å². The molecule has 0 saturated heterocycles. The molecular formula is C19H21BrN2O4. The Morgan fingerprint density at radius 3 is 2.38 bits per heavy atom. The molecular weight excluding hydrogens is 400 g/mol. The van der Waals surface area contributed by atoms with Gasteiger partial charge in [-0.15, -0.1) is 0 Å². The second-order valence-corrected chi connectivity index (χ2v) is 6.47. The molecule has 0 spiro atoms. The van der Waals surface area contributed by atoms with Gasteiger partial charge >= 0.3 is 5.97 Å². The van der Waals surface area contributed by atoms with Crippen molar-refractivity contribution >= 4 is 33.5 Å². The number of ether oxygens (including phenoxy) is 2. The smallest absolute Gasteiger partial charge is 0.337 e. The van der Waals surface area contributed by atoms with Crippen LogP contribution in [0.3, 0.4) is 0 Å².